The largest absolute Gasteiger partial charge is 0.493 e. The zero-order chi connectivity index (χ0) is 20.4. The lowest BCUT2D eigenvalue weighted by Gasteiger charge is -2.41. The lowest BCUT2D eigenvalue weighted by atomic mass is 9.73. The van der Waals surface area contributed by atoms with E-state index in [1.807, 2.05) is 24.3 Å². The summed E-state index contributed by atoms with van der Waals surface area (Å²) in [4.78, 5) is 2.33. The molecule has 0 radical (unpaired) electrons. The molecule has 150 valence electrons. The summed E-state index contributed by atoms with van der Waals surface area (Å²) in [6.45, 7) is 6.76. The highest BCUT2D eigenvalue weighted by Gasteiger charge is 2.36. The standard InChI is InChI=1S/C25H25BrFNO/c1-18(24-16-21(26)15-19-5-3-4-6-23(19)24)29-17-25(11-13-28(2)14-12-25)20-7-9-22(27)10-8-20/h3-10,15-16H,1,11-14,17H2,2H3. The number of benzene rings is 3. The molecule has 0 aliphatic carbocycles. The topological polar surface area (TPSA) is 12.5 Å². The van der Waals surface area contributed by atoms with Gasteiger partial charge in [-0.3, -0.25) is 0 Å². The summed E-state index contributed by atoms with van der Waals surface area (Å²) in [5, 5.41) is 2.27. The molecule has 1 fully saturated rings. The number of ether oxygens (including phenoxy) is 1. The second-order valence-electron chi connectivity index (χ2n) is 7.98. The third kappa shape index (κ3) is 4.24. The van der Waals surface area contributed by atoms with Crippen LogP contribution >= 0.6 is 15.9 Å². The third-order valence-electron chi connectivity index (χ3n) is 6.05. The molecule has 0 unspecified atom stereocenters. The zero-order valence-corrected chi connectivity index (χ0v) is 18.2. The molecule has 0 atom stereocenters. The Morgan fingerprint density at radius 3 is 2.52 bits per heavy atom. The number of nitrogens with zero attached hydrogens (tertiary/aromatic N) is 1. The molecule has 3 aromatic carbocycles. The van der Waals surface area contributed by atoms with Crippen LogP contribution in [-0.2, 0) is 10.2 Å². The van der Waals surface area contributed by atoms with Crippen molar-refractivity contribution in [2.24, 2.45) is 0 Å². The van der Waals surface area contributed by atoms with E-state index in [4.69, 9.17) is 4.74 Å². The fraction of sp³-hybridized carbons (Fsp3) is 0.280. The van der Waals surface area contributed by atoms with Crippen molar-refractivity contribution in [1.82, 2.24) is 4.90 Å². The Bertz CT molecular complexity index is 1020. The van der Waals surface area contributed by atoms with Gasteiger partial charge in [-0.1, -0.05) is 58.9 Å². The van der Waals surface area contributed by atoms with Crippen molar-refractivity contribution < 1.29 is 9.13 Å². The monoisotopic (exact) mass is 453 g/mol. The van der Waals surface area contributed by atoms with Crippen molar-refractivity contribution in [3.63, 3.8) is 0 Å². The van der Waals surface area contributed by atoms with Crippen LogP contribution in [0.15, 0.2) is 71.7 Å². The van der Waals surface area contributed by atoms with E-state index in [1.165, 1.54) is 0 Å². The highest BCUT2D eigenvalue weighted by atomic mass is 79.9. The SMILES string of the molecule is C=C(OCC1(c2ccc(F)cc2)CCN(C)CC1)c1cc(Br)cc2ccccc12. The van der Waals surface area contributed by atoms with Gasteiger partial charge in [-0.15, -0.1) is 0 Å². The maximum atomic E-state index is 13.5. The molecule has 0 saturated carbocycles. The smallest absolute Gasteiger partial charge is 0.123 e. The fourth-order valence-electron chi connectivity index (χ4n) is 4.17. The minimum Gasteiger partial charge on any atom is -0.493 e. The first-order chi connectivity index (χ1) is 14.0. The average Bonchev–Trinajstić information content (AvgIpc) is 2.73. The number of fused-ring (bicyclic) bond motifs is 1. The molecule has 1 aliphatic heterocycles. The second-order valence-corrected chi connectivity index (χ2v) is 8.89. The van der Waals surface area contributed by atoms with Gasteiger partial charge < -0.3 is 9.64 Å². The van der Waals surface area contributed by atoms with Gasteiger partial charge in [0.2, 0.25) is 0 Å². The minimum atomic E-state index is -0.206. The normalized spacial score (nSPS) is 16.7. The lowest BCUT2D eigenvalue weighted by molar-refractivity contribution is 0.112. The van der Waals surface area contributed by atoms with Gasteiger partial charge in [-0.05, 0) is 73.6 Å². The highest BCUT2D eigenvalue weighted by Crippen LogP contribution is 2.38. The summed E-state index contributed by atoms with van der Waals surface area (Å²) in [7, 11) is 2.14. The van der Waals surface area contributed by atoms with Crippen LogP contribution in [0.2, 0.25) is 0 Å². The van der Waals surface area contributed by atoms with Crippen molar-refractivity contribution >= 4 is 32.5 Å². The number of rotatable bonds is 5. The van der Waals surface area contributed by atoms with Gasteiger partial charge in [0, 0.05) is 15.5 Å². The Morgan fingerprint density at radius 2 is 1.79 bits per heavy atom. The van der Waals surface area contributed by atoms with E-state index in [1.54, 1.807) is 12.1 Å². The van der Waals surface area contributed by atoms with E-state index in [0.717, 1.165) is 52.3 Å². The Balaban J connectivity index is 1.61. The fourth-order valence-corrected chi connectivity index (χ4v) is 4.65. The number of hydrogen-bond donors (Lipinski definition) is 0. The molecule has 1 aliphatic rings. The Hall–Kier alpha value is -2.17. The van der Waals surface area contributed by atoms with Gasteiger partial charge in [-0.2, -0.15) is 0 Å². The summed E-state index contributed by atoms with van der Waals surface area (Å²) >= 11 is 3.60. The van der Waals surface area contributed by atoms with Crippen LogP contribution in [0, 0.1) is 5.82 Å². The molecule has 29 heavy (non-hydrogen) atoms. The molecule has 4 heteroatoms. The van der Waals surface area contributed by atoms with Crippen LogP contribution in [0.25, 0.3) is 16.5 Å². The van der Waals surface area contributed by atoms with Gasteiger partial charge in [-0.25, -0.2) is 4.39 Å². The van der Waals surface area contributed by atoms with E-state index in [9.17, 15) is 4.39 Å². The Morgan fingerprint density at radius 1 is 1.10 bits per heavy atom. The van der Waals surface area contributed by atoms with Gasteiger partial charge in [0.15, 0.2) is 0 Å². The van der Waals surface area contributed by atoms with Crippen molar-refractivity contribution in [1.29, 1.82) is 0 Å². The number of halogens is 2. The molecular weight excluding hydrogens is 429 g/mol. The molecule has 4 rings (SSSR count). The average molecular weight is 454 g/mol. The summed E-state index contributed by atoms with van der Waals surface area (Å²) in [5.74, 6) is 0.464. The molecular formula is C25H25BrFNO. The van der Waals surface area contributed by atoms with Crippen LogP contribution in [-0.4, -0.2) is 31.6 Å². The number of piperidine rings is 1. The molecule has 0 spiro atoms. The first-order valence-electron chi connectivity index (χ1n) is 9.92. The maximum absolute atomic E-state index is 13.5. The van der Waals surface area contributed by atoms with Gasteiger partial charge in [0.1, 0.15) is 11.6 Å². The summed E-state index contributed by atoms with van der Waals surface area (Å²) in [6, 6.07) is 19.3. The summed E-state index contributed by atoms with van der Waals surface area (Å²) in [6.07, 6.45) is 1.95. The van der Waals surface area contributed by atoms with E-state index >= 15 is 0 Å². The first kappa shape index (κ1) is 20.1. The molecule has 0 aromatic heterocycles. The maximum Gasteiger partial charge on any atom is 0.123 e. The van der Waals surface area contributed by atoms with E-state index < -0.39 is 0 Å². The van der Waals surface area contributed by atoms with Crippen molar-refractivity contribution in [3.05, 3.63) is 88.7 Å². The number of hydrogen-bond acceptors (Lipinski definition) is 2. The molecule has 2 nitrogen and oxygen atoms in total. The Kier molecular flexibility index (Phi) is 5.75. The highest BCUT2D eigenvalue weighted by molar-refractivity contribution is 9.10. The van der Waals surface area contributed by atoms with E-state index in [0.29, 0.717) is 12.4 Å². The van der Waals surface area contributed by atoms with Crippen LogP contribution in [0.5, 0.6) is 0 Å². The van der Waals surface area contributed by atoms with E-state index in [2.05, 4.69) is 58.7 Å². The first-order valence-corrected chi connectivity index (χ1v) is 10.7. The van der Waals surface area contributed by atoms with Crippen molar-refractivity contribution in [3.8, 4) is 0 Å². The minimum absolute atomic E-state index is 0.134. The molecule has 0 bridgehead atoms. The van der Waals surface area contributed by atoms with Gasteiger partial charge in [0.25, 0.3) is 0 Å². The van der Waals surface area contributed by atoms with Crippen LogP contribution in [0.4, 0.5) is 4.39 Å². The third-order valence-corrected chi connectivity index (χ3v) is 6.51. The molecule has 0 N–H and O–H groups in total. The second kappa shape index (κ2) is 8.29. The van der Waals surface area contributed by atoms with E-state index in [-0.39, 0.29) is 11.2 Å². The van der Waals surface area contributed by atoms with Crippen LogP contribution in [0.3, 0.4) is 0 Å². The van der Waals surface area contributed by atoms with Crippen LogP contribution in [0.1, 0.15) is 24.0 Å². The summed E-state index contributed by atoms with van der Waals surface area (Å²) in [5.41, 5.74) is 2.00. The molecule has 1 saturated heterocycles. The number of likely N-dealkylation sites (tertiary alicyclic amines) is 1. The molecule has 3 aromatic rings. The predicted octanol–water partition coefficient (Wildman–Crippen LogP) is 6.39. The summed E-state index contributed by atoms with van der Waals surface area (Å²) < 4.78 is 20.8. The zero-order valence-electron chi connectivity index (χ0n) is 16.6. The Labute approximate surface area is 180 Å². The van der Waals surface area contributed by atoms with Gasteiger partial charge in [0.05, 0.1) is 6.61 Å². The van der Waals surface area contributed by atoms with Crippen molar-refractivity contribution in [2.45, 2.75) is 18.3 Å². The predicted molar refractivity (Wildman–Crippen MR) is 121 cm³/mol. The van der Waals surface area contributed by atoms with Crippen molar-refractivity contribution in [2.75, 3.05) is 26.7 Å². The van der Waals surface area contributed by atoms with Crippen LogP contribution < -0.4 is 0 Å². The van der Waals surface area contributed by atoms with Gasteiger partial charge >= 0.3 is 0 Å². The lowest BCUT2D eigenvalue weighted by Crippen LogP contribution is -2.43. The molecule has 0 amide bonds. The molecule has 1 heterocycles. The quantitative estimate of drug-likeness (QED) is 0.414.